The van der Waals surface area contributed by atoms with E-state index in [1.807, 2.05) is 6.08 Å². The monoisotopic (exact) mass is 356 g/mol. The molecule has 0 radical (unpaired) electrons. The molecule has 0 bridgehead atoms. The minimum Gasteiger partial charge on any atom is -0.392 e. The van der Waals surface area contributed by atoms with Crippen LogP contribution in [0, 0.1) is 34.5 Å². The van der Waals surface area contributed by atoms with Gasteiger partial charge in [-0.2, -0.15) is 0 Å². The summed E-state index contributed by atoms with van der Waals surface area (Å²) in [5.74, 6) is 2.82. The van der Waals surface area contributed by atoms with E-state index >= 15 is 0 Å². The first kappa shape index (κ1) is 18.5. The molecule has 0 spiro atoms. The van der Waals surface area contributed by atoms with E-state index in [2.05, 4.69) is 33.8 Å². The Morgan fingerprint density at radius 1 is 1.23 bits per heavy atom. The minimum atomic E-state index is -0.489. The maximum absolute atomic E-state index is 12.2. The topological polar surface area (TPSA) is 37.3 Å². The van der Waals surface area contributed by atoms with Gasteiger partial charge in [-0.1, -0.05) is 50.8 Å². The summed E-state index contributed by atoms with van der Waals surface area (Å²) in [6.07, 6.45) is 12.7. The standard InChI is InChI=1S/C24H36O2/c1-5-7-15-12-17-13-18(25)14-21(26)24(17,4)20-10-11-23(3)16(6-2)8-9-19(23)22(15)20/h6,13,15,19-22,26H,5,7-12,14H2,1-4H3/b16-6+/t15-,19+,20+,21?,22+,23-,24+/m1/s1. The number of aliphatic hydroxyl groups is 1. The Labute approximate surface area is 159 Å². The zero-order chi connectivity index (χ0) is 18.7. The molecule has 0 amide bonds. The molecule has 144 valence electrons. The molecule has 0 aromatic rings. The Kier molecular flexibility index (Phi) is 4.50. The first-order chi connectivity index (χ1) is 12.4. The number of carbonyl (C=O) groups is 1. The predicted molar refractivity (Wildman–Crippen MR) is 106 cm³/mol. The van der Waals surface area contributed by atoms with Crippen molar-refractivity contribution < 1.29 is 9.90 Å². The molecule has 0 heterocycles. The van der Waals surface area contributed by atoms with Crippen molar-refractivity contribution in [1.82, 2.24) is 0 Å². The zero-order valence-corrected chi connectivity index (χ0v) is 17.1. The van der Waals surface area contributed by atoms with Crippen LogP contribution < -0.4 is 0 Å². The molecule has 7 atom stereocenters. The van der Waals surface area contributed by atoms with Crippen molar-refractivity contribution in [3.05, 3.63) is 23.3 Å². The third-order valence-corrected chi connectivity index (χ3v) is 9.10. The molecule has 4 aliphatic carbocycles. The van der Waals surface area contributed by atoms with Crippen LogP contribution in [-0.2, 0) is 4.79 Å². The average Bonchev–Trinajstić information content (AvgIpc) is 2.93. The summed E-state index contributed by atoms with van der Waals surface area (Å²) < 4.78 is 0. The Morgan fingerprint density at radius 3 is 2.69 bits per heavy atom. The lowest BCUT2D eigenvalue weighted by atomic mass is 9.44. The van der Waals surface area contributed by atoms with Gasteiger partial charge >= 0.3 is 0 Å². The van der Waals surface area contributed by atoms with Crippen molar-refractivity contribution in [2.45, 2.75) is 85.2 Å². The normalized spacial score (nSPS) is 49.4. The molecule has 3 fully saturated rings. The van der Waals surface area contributed by atoms with Crippen LogP contribution in [0.15, 0.2) is 23.3 Å². The lowest BCUT2D eigenvalue weighted by Gasteiger charge is -2.61. The van der Waals surface area contributed by atoms with Crippen molar-refractivity contribution in [2.24, 2.45) is 34.5 Å². The van der Waals surface area contributed by atoms with Crippen molar-refractivity contribution >= 4 is 5.78 Å². The predicted octanol–water partition coefficient (Wildman–Crippen LogP) is 5.46. The van der Waals surface area contributed by atoms with Crippen LogP contribution >= 0.6 is 0 Å². The molecule has 4 aliphatic rings. The van der Waals surface area contributed by atoms with E-state index < -0.39 is 6.10 Å². The van der Waals surface area contributed by atoms with Gasteiger partial charge < -0.3 is 5.11 Å². The van der Waals surface area contributed by atoms with Crippen LogP contribution in [0.5, 0.6) is 0 Å². The molecular formula is C24H36O2. The van der Waals surface area contributed by atoms with Crippen molar-refractivity contribution in [1.29, 1.82) is 0 Å². The lowest BCUT2D eigenvalue weighted by Crippen LogP contribution is -2.57. The van der Waals surface area contributed by atoms with E-state index in [1.165, 1.54) is 44.1 Å². The highest BCUT2D eigenvalue weighted by Crippen LogP contribution is 2.68. The number of rotatable bonds is 2. The fraction of sp³-hybridized carbons (Fsp3) is 0.792. The molecule has 2 nitrogen and oxygen atoms in total. The molecular weight excluding hydrogens is 320 g/mol. The fourth-order valence-corrected chi connectivity index (χ4v) is 7.75. The third-order valence-electron chi connectivity index (χ3n) is 9.10. The Balaban J connectivity index is 1.79. The summed E-state index contributed by atoms with van der Waals surface area (Å²) in [5, 5.41) is 11.0. The van der Waals surface area contributed by atoms with Crippen LogP contribution in [0.2, 0.25) is 0 Å². The number of aliphatic hydroxyl groups excluding tert-OH is 1. The molecule has 1 unspecified atom stereocenters. The number of fused-ring (bicyclic) bond motifs is 5. The van der Waals surface area contributed by atoms with Gasteiger partial charge in [-0.15, -0.1) is 0 Å². The number of carbonyl (C=O) groups excluding carboxylic acids is 1. The van der Waals surface area contributed by atoms with E-state index in [4.69, 9.17) is 0 Å². The van der Waals surface area contributed by atoms with E-state index in [0.29, 0.717) is 29.6 Å². The van der Waals surface area contributed by atoms with Gasteiger partial charge in [-0.05, 0) is 74.2 Å². The second-order valence-electron chi connectivity index (χ2n) is 9.99. The molecule has 3 saturated carbocycles. The largest absolute Gasteiger partial charge is 0.392 e. The van der Waals surface area contributed by atoms with Crippen LogP contribution in [-0.4, -0.2) is 17.0 Å². The van der Waals surface area contributed by atoms with E-state index in [0.717, 1.165) is 12.3 Å². The smallest absolute Gasteiger partial charge is 0.158 e. The van der Waals surface area contributed by atoms with Crippen LogP contribution in [0.1, 0.15) is 79.1 Å². The highest BCUT2D eigenvalue weighted by molar-refractivity contribution is 5.92. The summed E-state index contributed by atoms with van der Waals surface area (Å²) in [6.45, 7) is 9.32. The molecule has 4 rings (SSSR count). The fourth-order valence-electron chi connectivity index (χ4n) is 7.75. The molecule has 2 heteroatoms. The van der Waals surface area contributed by atoms with Gasteiger partial charge in [0.15, 0.2) is 5.78 Å². The van der Waals surface area contributed by atoms with Gasteiger partial charge in [0.05, 0.1) is 6.10 Å². The van der Waals surface area contributed by atoms with Crippen molar-refractivity contribution in [3.63, 3.8) is 0 Å². The summed E-state index contributed by atoms with van der Waals surface area (Å²) in [7, 11) is 0. The summed E-state index contributed by atoms with van der Waals surface area (Å²) >= 11 is 0. The summed E-state index contributed by atoms with van der Waals surface area (Å²) in [4.78, 5) is 12.2. The SMILES string of the molecule is C/C=C1\CC[C@H]2[C@@H]3[C@H](CCC)CC4=CC(=O)CC(O)[C@]4(C)[C@H]3CC[C@]12C. The minimum absolute atomic E-state index is 0.136. The molecule has 0 aromatic heterocycles. The highest BCUT2D eigenvalue weighted by Gasteiger charge is 2.61. The second-order valence-corrected chi connectivity index (χ2v) is 9.99. The zero-order valence-electron chi connectivity index (χ0n) is 17.1. The first-order valence-electron chi connectivity index (χ1n) is 10.9. The maximum atomic E-state index is 12.2. The molecule has 1 N–H and O–H groups in total. The molecule has 0 aromatic carbocycles. The Bertz CT molecular complexity index is 659. The first-order valence-corrected chi connectivity index (χ1v) is 10.9. The van der Waals surface area contributed by atoms with E-state index in [1.54, 1.807) is 5.57 Å². The van der Waals surface area contributed by atoms with Gasteiger partial charge in [0.1, 0.15) is 0 Å². The Hall–Kier alpha value is -0.890. The summed E-state index contributed by atoms with van der Waals surface area (Å²) in [6, 6.07) is 0. The van der Waals surface area contributed by atoms with Gasteiger partial charge in [-0.3, -0.25) is 4.79 Å². The summed E-state index contributed by atoms with van der Waals surface area (Å²) in [5.41, 5.74) is 3.15. The van der Waals surface area contributed by atoms with Crippen LogP contribution in [0.25, 0.3) is 0 Å². The highest BCUT2D eigenvalue weighted by atomic mass is 16.3. The Morgan fingerprint density at radius 2 is 2.00 bits per heavy atom. The van der Waals surface area contributed by atoms with Crippen LogP contribution in [0.4, 0.5) is 0 Å². The maximum Gasteiger partial charge on any atom is 0.158 e. The lowest BCUT2D eigenvalue weighted by molar-refractivity contribution is -0.130. The van der Waals surface area contributed by atoms with Gasteiger partial charge in [0.25, 0.3) is 0 Å². The molecule has 0 saturated heterocycles. The van der Waals surface area contributed by atoms with Crippen molar-refractivity contribution in [2.75, 3.05) is 0 Å². The number of hydrogen-bond donors (Lipinski definition) is 1. The second kappa shape index (κ2) is 6.33. The average molecular weight is 357 g/mol. The van der Waals surface area contributed by atoms with Crippen molar-refractivity contribution in [3.8, 4) is 0 Å². The number of hydrogen-bond acceptors (Lipinski definition) is 2. The van der Waals surface area contributed by atoms with Gasteiger partial charge in [0, 0.05) is 11.8 Å². The quantitative estimate of drug-likeness (QED) is 0.667. The number of allylic oxidation sites excluding steroid dienone is 2. The van der Waals surface area contributed by atoms with Gasteiger partial charge in [-0.25, -0.2) is 0 Å². The number of ketones is 1. The van der Waals surface area contributed by atoms with E-state index in [9.17, 15) is 9.90 Å². The molecule has 0 aliphatic heterocycles. The van der Waals surface area contributed by atoms with E-state index in [-0.39, 0.29) is 11.2 Å². The van der Waals surface area contributed by atoms with Crippen LogP contribution in [0.3, 0.4) is 0 Å². The third kappa shape index (κ3) is 2.37. The van der Waals surface area contributed by atoms with Gasteiger partial charge in [0.2, 0.25) is 0 Å². The molecule has 26 heavy (non-hydrogen) atoms.